The molecule has 0 spiro atoms. The summed E-state index contributed by atoms with van der Waals surface area (Å²) in [7, 11) is 1.69. The van der Waals surface area contributed by atoms with E-state index in [9.17, 15) is 0 Å². The summed E-state index contributed by atoms with van der Waals surface area (Å²) in [6, 6.07) is 16.9. The van der Waals surface area contributed by atoms with Gasteiger partial charge in [-0.1, -0.05) is 12.1 Å². The quantitative estimate of drug-likeness (QED) is 0.722. The Hall–Kier alpha value is -2.75. The molecule has 0 amide bonds. The zero-order valence-electron chi connectivity index (χ0n) is 15.5. The maximum Gasteiger partial charge on any atom is 0.118 e. The second-order valence-electron chi connectivity index (χ2n) is 6.91. The van der Waals surface area contributed by atoms with E-state index in [0.717, 1.165) is 42.3 Å². The highest BCUT2D eigenvalue weighted by molar-refractivity contribution is 5.94. The van der Waals surface area contributed by atoms with Crippen molar-refractivity contribution in [3.8, 4) is 5.75 Å². The molecule has 1 aliphatic heterocycles. The van der Waals surface area contributed by atoms with E-state index < -0.39 is 0 Å². The molecule has 0 unspecified atom stereocenters. The summed E-state index contributed by atoms with van der Waals surface area (Å²) in [5, 5.41) is 4.75. The highest BCUT2D eigenvalue weighted by Crippen LogP contribution is 2.31. The van der Waals surface area contributed by atoms with Gasteiger partial charge >= 0.3 is 0 Å². The average Bonchev–Trinajstić information content (AvgIpc) is 3.20. The van der Waals surface area contributed by atoms with Crippen LogP contribution in [0.2, 0.25) is 0 Å². The van der Waals surface area contributed by atoms with Gasteiger partial charge in [0.15, 0.2) is 0 Å². The van der Waals surface area contributed by atoms with Gasteiger partial charge in [0.25, 0.3) is 0 Å². The van der Waals surface area contributed by atoms with Crippen molar-refractivity contribution in [3.63, 3.8) is 0 Å². The Morgan fingerprint density at radius 2 is 1.81 bits per heavy atom. The van der Waals surface area contributed by atoms with Crippen LogP contribution in [-0.4, -0.2) is 25.2 Å². The Balaban J connectivity index is 1.56. The molecule has 134 valence electrons. The second-order valence-corrected chi connectivity index (χ2v) is 6.91. The smallest absolute Gasteiger partial charge is 0.118 e. The molecule has 1 saturated heterocycles. The molecule has 1 aromatic heterocycles. The summed E-state index contributed by atoms with van der Waals surface area (Å²) in [5.41, 5.74) is 5.78. The number of anilines is 2. The molecule has 2 heterocycles. The number of ether oxygens (including phenoxy) is 1. The van der Waals surface area contributed by atoms with Crippen molar-refractivity contribution in [2.75, 3.05) is 30.4 Å². The standard InChI is InChI=1S/C22H25N3O/c1-16-13-22(25-11-3-4-12-25)20-10-7-18(14-21(20)24-16)23-15-17-5-8-19(26-2)9-6-17/h5-10,13-14,23H,3-4,11-12,15H2,1-2H3. The molecule has 2 aromatic carbocycles. The van der Waals surface area contributed by atoms with Crippen LogP contribution in [0.15, 0.2) is 48.5 Å². The minimum absolute atomic E-state index is 0.778. The van der Waals surface area contributed by atoms with Gasteiger partial charge in [-0.2, -0.15) is 0 Å². The molecular weight excluding hydrogens is 322 g/mol. The second kappa shape index (κ2) is 7.24. The van der Waals surface area contributed by atoms with E-state index in [-0.39, 0.29) is 0 Å². The minimum Gasteiger partial charge on any atom is -0.497 e. The third-order valence-corrected chi connectivity index (χ3v) is 5.02. The van der Waals surface area contributed by atoms with Crippen LogP contribution in [0.4, 0.5) is 11.4 Å². The summed E-state index contributed by atoms with van der Waals surface area (Å²) in [6.45, 7) is 5.16. The predicted octanol–water partition coefficient (Wildman–Crippen LogP) is 4.76. The monoisotopic (exact) mass is 347 g/mol. The number of nitrogens with one attached hydrogen (secondary N) is 1. The van der Waals surface area contributed by atoms with Crippen molar-refractivity contribution in [2.45, 2.75) is 26.3 Å². The van der Waals surface area contributed by atoms with Crippen molar-refractivity contribution >= 4 is 22.3 Å². The fourth-order valence-electron chi connectivity index (χ4n) is 3.62. The predicted molar refractivity (Wildman–Crippen MR) is 108 cm³/mol. The van der Waals surface area contributed by atoms with E-state index in [1.165, 1.54) is 29.5 Å². The highest BCUT2D eigenvalue weighted by Gasteiger charge is 2.16. The first-order valence-corrected chi connectivity index (χ1v) is 9.26. The fourth-order valence-corrected chi connectivity index (χ4v) is 3.62. The first kappa shape index (κ1) is 16.7. The van der Waals surface area contributed by atoms with Crippen LogP contribution >= 0.6 is 0 Å². The van der Waals surface area contributed by atoms with Gasteiger partial charge in [-0.15, -0.1) is 0 Å². The van der Waals surface area contributed by atoms with Gasteiger partial charge < -0.3 is 15.0 Å². The van der Waals surface area contributed by atoms with Crippen molar-refractivity contribution < 1.29 is 4.74 Å². The third kappa shape index (κ3) is 3.45. The van der Waals surface area contributed by atoms with Gasteiger partial charge in [-0.05, 0) is 61.7 Å². The summed E-state index contributed by atoms with van der Waals surface area (Å²) in [4.78, 5) is 7.25. The molecule has 1 fully saturated rings. The number of hydrogen-bond acceptors (Lipinski definition) is 4. The molecule has 3 aromatic rings. The lowest BCUT2D eigenvalue weighted by Crippen LogP contribution is -2.18. The van der Waals surface area contributed by atoms with Crippen LogP contribution in [0.25, 0.3) is 10.9 Å². The molecule has 26 heavy (non-hydrogen) atoms. The summed E-state index contributed by atoms with van der Waals surface area (Å²) >= 11 is 0. The van der Waals surface area contributed by atoms with Crippen LogP contribution in [-0.2, 0) is 6.54 Å². The molecule has 1 N–H and O–H groups in total. The number of nitrogens with zero attached hydrogens (tertiary/aromatic N) is 2. The van der Waals surface area contributed by atoms with E-state index in [4.69, 9.17) is 9.72 Å². The number of methoxy groups -OCH3 is 1. The SMILES string of the molecule is COc1ccc(CNc2ccc3c(N4CCCC4)cc(C)nc3c2)cc1. The van der Waals surface area contributed by atoms with Gasteiger partial charge in [0.05, 0.1) is 12.6 Å². The van der Waals surface area contributed by atoms with Gasteiger partial charge in [0.1, 0.15) is 5.75 Å². The van der Waals surface area contributed by atoms with Crippen LogP contribution in [0, 0.1) is 6.92 Å². The molecule has 4 nitrogen and oxygen atoms in total. The Bertz CT molecular complexity index is 899. The average molecular weight is 347 g/mol. The van der Waals surface area contributed by atoms with Gasteiger partial charge in [0.2, 0.25) is 0 Å². The van der Waals surface area contributed by atoms with Crippen molar-refractivity contribution in [2.24, 2.45) is 0 Å². The first-order chi connectivity index (χ1) is 12.7. The van der Waals surface area contributed by atoms with Crippen molar-refractivity contribution in [3.05, 3.63) is 59.8 Å². The van der Waals surface area contributed by atoms with E-state index in [0.29, 0.717) is 0 Å². The number of benzene rings is 2. The minimum atomic E-state index is 0.778. The summed E-state index contributed by atoms with van der Waals surface area (Å²) in [6.07, 6.45) is 2.56. The number of aromatic nitrogens is 1. The first-order valence-electron chi connectivity index (χ1n) is 9.26. The van der Waals surface area contributed by atoms with Gasteiger partial charge in [-0.25, -0.2) is 0 Å². The van der Waals surface area contributed by atoms with Crippen LogP contribution in [0.5, 0.6) is 5.75 Å². The topological polar surface area (TPSA) is 37.4 Å². The maximum atomic E-state index is 5.21. The Kier molecular flexibility index (Phi) is 4.65. The Morgan fingerprint density at radius 3 is 2.54 bits per heavy atom. The highest BCUT2D eigenvalue weighted by atomic mass is 16.5. The lowest BCUT2D eigenvalue weighted by molar-refractivity contribution is 0.414. The van der Waals surface area contributed by atoms with Crippen LogP contribution in [0.3, 0.4) is 0 Å². The molecule has 0 saturated carbocycles. The van der Waals surface area contributed by atoms with Crippen LogP contribution < -0.4 is 15.0 Å². The van der Waals surface area contributed by atoms with E-state index in [1.54, 1.807) is 7.11 Å². The Morgan fingerprint density at radius 1 is 1.04 bits per heavy atom. The van der Waals surface area contributed by atoms with Crippen molar-refractivity contribution in [1.82, 2.24) is 4.98 Å². The molecule has 4 rings (SSSR count). The number of aryl methyl sites for hydroxylation is 1. The van der Waals surface area contributed by atoms with Gasteiger partial charge in [0, 0.05) is 42.1 Å². The number of rotatable bonds is 5. The van der Waals surface area contributed by atoms with Crippen molar-refractivity contribution in [1.29, 1.82) is 0 Å². The molecule has 4 heteroatoms. The summed E-state index contributed by atoms with van der Waals surface area (Å²) in [5.74, 6) is 0.883. The van der Waals surface area contributed by atoms with Gasteiger partial charge in [-0.3, -0.25) is 4.98 Å². The lowest BCUT2D eigenvalue weighted by atomic mass is 10.1. The number of hydrogen-bond donors (Lipinski definition) is 1. The molecule has 0 radical (unpaired) electrons. The molecule has 1 aliphatic rings. The van der Waals surface area contributed by atoms with E-state index in [1.807, 2.05) is 12.1 Å². The normalized spacial score (nSPS) is 14.0. The number of pyridine rings is 1. The zero-order chi connectivity index (χ0) is 17.9. The lowest BCUT2D eigenvalue weighted by Gasteiger charge is -2.20. The maximum absolute atomic E-state index is 5.21. The molecular formula is C22H25N3O. The van der Waals surface area contributed by atoms with E-state index in [2.05, 4.69) is 53.5 Å². The Labute approximate surface area is 154 Å². The zero-order valence-corrected chi connectivity index (χ0v) is 15.5. The largest absolute Gasteiger partial charge is 0.497 e. The fraction of sp³-hybridized carbons (Fsp3) is 0.318. The third-order valence-electron chi connectivity index (χ3n) is 5.02. The molecule has 0 aliphatic carbocycles. The molecule has 0 atom stereocenters. The molecule has 0 bridgehead atoms. The van der Waals surface area contributed by atoms with E-state index >= 15 is 0 Å². The summed E-state index contributed by atoms with van der Waals surface area (Å²) < 4.78 is 5.21. The van der Waals surface area contributed by atoms with Crippen LogP contribution in [0.1, 0.15) is 24.1 Å². The number of fused-ring (bicyclic) bond motifs is 1.